The summed E-state index contributed by atoms with van der Waals surface area (Å²) in [5, 5.41) is 7.44. The van der Waals surface area contributed by atoms with E-state index in [0.717, 1.165) is 48.9 Å². The predicted octanol–water partition coefficient (Wildman–Crippen LogP) is 4.98. The molecule has 6 nitrogen and oxygen atoms in total. The molecule has 2 heterocycles. The Bertz CT molecular complexity index is 1470. The third-order valence-corrected chi connectivity index (χ3v) is 7.47. The Hall–Kier alpha value is -3.19. The van der Waals surface area contributed by atoms with Crippen LogP contribution in [-0.4, -0.2) is 26.3 Å². The van der Waals surface area contributed by atoms with Gasteiger partial charge in [-0.2, -0.15) is 0 Å². The van der Waals surface area contributed by atoms with Gasteiger partial charge in [0.15, 0.2) is 0 Å². The molecule has 32 heavy (non-hydrogen) atoms. The van der Waals surface area contributed by atoms with E-state index >= 15 is 0 Å². The van der Waals surface area contributed by atoms with Gasteiger partial charge >= 0.3 is 0 Å². The first-order valence-electron chi connectivity index (χ1n) is 11.1. The van der Waals surface area contributed by atoms with Crippen LogP contribution in [0.15, 0.2) is 53.3 Å². The second-order valence-electron chi connectivity index (χ2n) is 8.88. The van der Waals surface area contributed by atoms with Crippen LogP contribution in [0.1, 0.15) is 43.2 Å². The predicted molar refractivity (Wildman–Crippen MR) is 126 cm³/mol. The van der Waals surface area contributed by atoms with Crippen molar-refractivity contribution in [3.8, 4) is 22.7 Å². The molecule has 2 aliphatic carbocycles. The number of H-pyrrole nitrogens is 1. The highest BCUT2D eigenvalue weighted by Crippen LogP contribution is 2.49. The average Bonchev–Trinajstić information content (AvgIpc) is 3.20. The molecule has 1 N–H and O–H groups in total. The van der Waals surface area contributed by atoms with Crippen molar-refractivity contribution in [3.63, 3.8) is 0 Å². The zero-order valence-corrected chi connectivity index (χ0v) is 18.7. The fourth-order valence-corrected chi connectivity index (χ4v) is 6.05. The van der Waals surface area contributed by atoms with Crippen molar-refractivity contribution in [3.05, 3.63) is 74.8 Å². The smallest absolute Gasteiger partial charge is 0.264 e. The fraction of sp³-hybridized carbons (Fsp3) is 0.320. The molecule has 0 amide bonds. The van der Waals surface area contributed by atoms with Crippen LogP contribution in [0.3, 0.4) is 0 Å². The molecule has 1 saturated carbocycles. The van der Waals surface area contributed by atoms with Gasteiger partial charge in [0.1, 0.15) is 5.75 Å². The highest BCUT2D eigenvalue weighted by molar-refractivity contribution is 7.71. The van der Waals surface area contributed by atoms with E-state index in [1.807, 2.05) is 34.7 Å². The molecule has 0 atom stereocenters. The van der Waals surface area contributed by atoms with Crippen molar-refractivity contribution in [2.75, 3.05) is 7.11 Å². The van der Waals surface area contributed by atoms with Crippen molar-refractivity contribution < 1.29 is 4.74 Å². The Morgan fingerprint density at radius 1 is 1.06 bits per heavy atom. The van der Waals surface area contributed by atoms with Crippen molar-refractivity contribution in [2.45, 2.75) is 43.9 Å². The molecule has 2 aromatic heterocycles. The first-order chi connectivity index (χ1) is 15.6. The largest absolute Gasteiger partial charge is 0.495 e. The lowest BCUT2D eigenvalue weighted by atomic mass is 9.62. The third kappa shape index (κ3) is 2.60. The second kappa shape index (κ2) is 7.17. The van der Waals surface area contributed by atoms with Gasteiger partial charge in [0.25, 0.3) is 5.56 Å². The molecule has 0 aliphatic heterocycles. The lowest BCUT2D eigenvalue weighted by Crippen LogP contribution is -2.43. The number of nitrogens with one attached hydrogen (secondary N) is 1. The van der Waals surface area contributed by atoms with E-state index in [-0.39, 0.29) is 11.0 Å². The van der Waals surface area contributed by atoms with Crippen LogP contribution in [0.25, 0.3) is 22.7 Å². The molecular formula is C25H24N4O2S. The van der Waals surface area contributed by atoms with Crippen LogP contribution in [0.2, 0.25) is 0 Å². The van der Waals surface area contributed by atoms with Crippen molar-refractivity contribution in [1.82, 2.24) is 19.2 Å². The summed E-state index contributed by atoms with van der Waals surface area (Å²) in [6, 6.07) is 16.0. The van der Waals surface area contributed by atoms with Crippen molar-refractivity contribution >= 4 is 18.0 Å². The number of rotatable bonds is 2. The Morgan fingerprint density at radius 3 is 2.62 bits per heavy atom. The number of aromatic nitrogens is 4. The molecule has 2 aliphatic rings. The summed E-state index contributed by atoms with van der Waals surface area (Å²) >= 11 is 5.70. The zero-order valence-electron chi connectivity index (χ0n) is 17.9. The van der Waals surface area contributed by atoms with Crippen LogP contribution >= 0.6 is 12.2 Å². The van der Waals surface area contributed by atoms with Crippen LogP contribution in [-0.2, 0) is 11.8 Å². The molecule has 7 heteroatoms. The minimum Gasteiger partial charge on any atom is -0.495 e. The summed E-state index contributed by atoms with van der Waals surface area (Å²) in [7, 11) is 1.62. The zero-order chi connectivity index (χ0) is 21.9. The lowest BCUT2D eigenvalue weighted by Gasteiger charge is -2.42. The van der Waals surface area contributed by atoms with Gasteiger partial charge in [-0.1, -0.05) is 55.7 Å². The highest BCUT2D eigenvalue weighted by Gasteiger charge is 2.44. The van der Waals surface area contributed by atoms with Crippen molar-refractivity contribution in [2.24, 2.45) is 0 Å². The second-order valence-corrected chi connectivity index (χ2v) is 9.26. The molecule has 1 spiro atoms. The summed E-state index contributed by atoms with van der Waals surface area (Å²) < 4.78 is 9.73. The number of ether oxygens (including phenoxy) is 1. The van der Waals surface area contributed by atoms with Gasteiger partial charge in [-0.15, -0.1) is 5.10 Å². The van der Waals surface area contributed by atoms with E-state index in [9.17, 15) is 4.79 Å². The van der Waals surface area contributed by atoms with E-state index in [0.29, 0.717) is 22.0 Å². The molecule has 1 fully saturated rings. The number of hydrogen-bond acceptors (Lipinski definition) is 4. The number of nitrogens with zero attached hydrogens (tertiary/aromatic N) is 3. The van der Waals surface area contributed by atoms with Gasteiger partial charge in [0, 0.05) is 16.5 Å². The third-order valence-electron chi connectivity index (χ3n) is 7.20. The highest BCUT2D eigenvalue weighted by atomic mass is 32.1. The van der Waals surface area contributed by atoms with Gasteiger partial charge in [0.05, 0.1) is 18.5 Å². The summed E-state index contributed by atoms with van der Waals surface area (Å²) in [4.78, 5) is 14.4. The van der Waals surface area contributed by atoms with Gasteiger partial charge in [-0.3, -0.25) is 9.20 Å². The molecule has 0 unspecified atom stereocenters. The first-order valence-corrected chi connectivity index (χ1v) is 11.5. The standard InChI is InChI=1S/C25H24N4O2S/c1-31-19-12-6-5-11-18(19)28-22(30)20-21(29-23(28)26-27-24(29)32)17-10-4-3-9-16(17)15-25(20)13-7-2-8-14-25/h3-6,9-12H,2,7-8,13-15H2,1H3,(H,27,32). The number of hydrogen-bond donors (Lipinski definition) is 1. The number of benzene rings is 2. The summed E-state index contributed by atoms with van der Waals surface area (Å²) in [6.07, 6.45) is 6.37. The maximum Gasteiger partial charge on any atom is 0.264 e. The van der Waals surface area contributed by atoms with Crippen LogP contribution in [0.4, 0.5) is 0 Å². The van der Waals surface area contributed by atoms with Gasteiger partial charge < -0.3 is 4.74 Å². The van der Waals surface area contributed by atoms with Gasteiger partial charge in [-0.05, 0) is 49.2 Å². The Kier molecular flexibility index (Phi) is 4.37. The molecular weight excluding hydrogens is 420 g/mol. The minimum atomic E-state index is -0.191. The average molecular weight is 445 g/mol. The normalized spacial score (nSPS) is 16.7. The van der Waals surface area contributed by atoms with E-state index in [4.69, 9.17) is 17.0 Å². The SMILES string of the molecule is COc1ccccc1-n1c(=O)c2c(n3c(=S)[nH]nc13)-c1ccccc1CC21CCCCC1. The quantitative estimate of drug-likeness (QED) is 0.443. The first kappa shape index (κ1) is 19.5. The Morgan fingerprint density at radius 2 is 1.81 bits per heavy atom. The molecule has 2 aromatic carbocycles. The summed E-state index contributed by atoms with van der Waals surface area (Å²) in [6.45, 7) is 0. The Labute approximate surface area is 190 Å². The van der Waals surface area contributed by atoms with Gasteiger partial charge in [0.2, 0.25) is 10.5 Å². The Balaban J connectivity index is 1.82. The van der Waals surface area contributed by atoms with Crippen LogP contribution in [0.5, 0.6) is 5.75 Å². The van der Waals surface area contributed by atoms with E-state index in [2.05, 4.69) is 28.4 Å². The summed E-state index contributed by atoms with van der Waals surface area (Å²) in [5.41, 5.74) is 4.58. The molecule has 0 saturated heterocycles. The topological polar surface area (TPSA) is 64.3 Å². The summed E-state index contributed by atoms with van der Waals surface area (Å²) in [5.74, 6) is 1.10. The number of aromatic amines is 1. The number of fused-ring (bicyclic) bond motifs is 6. The molecule has 162 valence electrons. The fourth-order valence-electron chi connectivity index (χ4n) is 5.83. The maximum absolute atomic E-state index is 14.4. The number of para-hydroxylation sites is 2. The molecule has 4 aromatic rings. The molecule has 0 radical (unpaired) electrons. The minimum absolute atomic E-state index is 0.0256. The van der Waals surface area contributed by atoms with Crippen molar-refractivity contribution in [1.29, 1.82) is 0 Å². The maximum atomic E-state index is 14.4. The van der Waals surface area contributed by atoms with Crippen LogP contribution in [0, 0.1) is 4.77 Å². The van der Waals surface area contributed by atoms with Gasteiger partial charge in [-0.25, -0.2) is 9.67 Å². The van der Waals surface area contributed by atoms with E-state index in [1.54, 1.807) is 11.7 Å². The lowest BCUT2D eigenvalue weighted by molar-refractivity contribution is 0.284. The molecule has 6 rings (SSSR count). The van der Waals surface area contributed by atoms with E-state index < -0.39 is 0 Å². The van der Waals surface area contributed by atoms with Crippen LogP contribution < -0.4 is 10.3 Å². The molecule has 0 bridgehead atoms. The monoisotopic (exact) mass is 444 g/mol. The number of methoxy groups -OCH3 is 1. The van der Waals surface area contributed by atoms with E-state index in [1.165, 1.54) is 12.0 Å².